The largest absolute Gasteiger partial charge is 0.391 e. The second-order valence-electron chi connectivity index (χ2n) is 4.28. The van der Waals surface area contributed by atoms with Crippen molar-refractivity contribution in [2.24, 2.45) is 0 Å². The predicted molar refractivity (Wildman–Crippen MR) is 72.9 cm³/mol. The van der Waals surface area contributed by atoms with Crippen LogP contribution in [0.2, 0.25) is 0 Å². The molecule has 0 fully saturated rings. The van der Waals surface area contributed by atoms with Crippen molar-refractivity contribution in [3.05, 3.63) is 16.2 Å². The topological polar surface area (TPSA) is 73.1 Å². The van der Waals surface area contributed by atoms with Crippen LogP contribution < -0.4 is 0 Å². The Labute approximate surface area is 116 Å². The molecule has 2 heterocycles. The summed E-state index contributed by atoms with van der Waals surface area (Å²) in [4.78, 5) is 8.80. The fourth-order valence-electron chi connectivity index (χ4n) is 1.66. The van der Waals surface area contributed by atoms with E-state index in [0.717, 1.165) is 10.7 Å². The normalized spacial score (nSPS) is 12.8. The minimum absolute atomic E-state index is 0.368. The summed E-state index contributed by atoms with van der Waals surface area (Å²) in [6.45, 7) is 4.67. The summed E-state index contributed by atoms with van der Waals surface area (Å²) < 4.78 is 6.81. The molecule has 1 unspecified atom stereocenters. The molecule has 0 saturated carbocycles. The number of nitrogens with zero attached hydrogens (tertiary/aromatic N) is 4. The van der Waals surface area contributed by atoms with Crippen molar-refractivity contribution in [1.29, 1.82) is 0 Å². The number of hydrogen-bond donors (Lipinski definition) is 1. The van der Waals surface area contributed by atoms with Crippen LogP contribution in [0, 0.1) is 6.92 Å². The Bertz CT molecular complexity index is 538. The maximum absolute atomic E-state index is 9.74. The lowest BCUT2D eigenvalue weighted by Crippen LogP contribution is -2.18. The molecular formula is C12H18N4O2S. The van der Waals surface area contributed by atoms with Crippen molar-refractivity contribution in [1.82, 2.24) is 19.7 Å². The van der Waals surface area contributed by atoms with Crippen LogP contribution in [-0.4, -0.2) is 38.1 Å². The second-order valence-corrected chi connectivity index (χ2v) is 5.34. The van der Waals surface area contributed by atoms with E-state index in [0.29, 0.717) is 31.2 Å². The molecule has 104 valence electrons. The van der Waals surface area contributed by atoms with Crippen molar-refractivity contribution in [2.45, 2.75) is 39.5 Å². The smallest absolute Gasteiger partial charge is 0.200 e. The van der Waals surface area contributed by atoms with Gasteiger partial charge in [0.25, 0.3) is 0 Å². The van der Waals surface area contributed by atoms with Crippen LogP contribution in [0.25, 0.3) is 11.5 Å². The molecule has 2 aromatic heterocycles. The summed E-state index contributed by atoms with van der Waals surface area (Å²) >= 11 is 1.57. The molecule has 0 aliphatic carbocycles. The highest BCUT2D eigenvalue weighted by atomic mass is 32.1. The highest BCUT2D eigenvalue weighted by Crippen LogP contribution is 2.19. The summed E-state index contributed by atoms with van der Waals surface area (Å²) in [6.07, 6.45) is 0.250. The van der Waals surface area contributed by atoms with Gasteiger partial charge in [0.05, 0.1) is 17.7 Å². The van der Waals surface area contributed by atoms with Gasteiger partial charge in [0.15, 0.2) is 5.82 Å². The first-order valence-corrected chi connectivity index (χ1v) is 7.05. The Kier molecular flexibility index (Phi) is 4.62. The minimum Gasteiger partial charge on any atom is -0.391 e. The SMILES string of the molecule is CCC(O)Cn1nc(-c2csc(C)n2)nc1COC. The monoisotopic (exact) mass is 282 g/mol. The van der Waals surface area contributed by atoms with E-state index in [1.165, 1.54) is 0 Å². The van der Waals surface area contributed by atoms with Crippen LogP contribution in [-0.2, 0) is 17.9 Å². The Hall–Kier alpha value is -1.31. The van der Waals surface area contributed by atoms with Gasteiger partial charge >= 0.3 is 0 Å². The van der Waals surface area contributed by atoms with Crippen LogP contribution >= 0.6 is 11.3 Å². The molecule has 0 bridgehead atoms. The molecule has 1 atom stereocenters. The van der Waals surface area contributed by atoms with Crippen molar-refractivity contribution in [3.8, 4) is 11.5 Å². The maximum atomic E-state index is 9.74. The molecular weight excluding hydrogens is 264 g/mol. The summed E-state index contributed by atoms with van der Waals surface area (Å²) in [7, 11) is 1.61. The third-order valence-corrected chi connectivity index (χ3v) is 3.50. The second kappa shape index (κ2) is 6.23. The zero-order valence-electron chi connectivity index (χ0n) is 11.3. The number of methoxy groups -OCH3 is 1. The van der Waals surface area contributed by atoms with Crippen molar-refractivity contribution < 1.29 is 9.84 Å². The molecule has 0 aliphatic rings. The van der Waals surface area contributed by atoms with Gasteiger partial charge in [-0.25, -0.2) is 14.6 Å². The Morgan fingerprint density at radius 2 is 2.26 bits per heavy atom. The van der Waals surface area contributed by atoms with Crippen LogP contribution in [0.15, 0.2) is 5.38 Å². The number of rotatable bonds is 6. The molecule has 19 heavy (non-hydrogen) atoms. The quantitative estimate of drug-likeness (QED) is 0.871. The zero-order valence-corrected chi connectivity index (χ0v) is 12.1. The molecule has 0 radical (unpaired) electrons. The highest BCUT2D eigenvalue weighted by molar-refractivity contribution is 7.09. The van der Waals surface area contributed by atoms with Gasteiger partial charge < -0.3 is 9.84 Å². The summed E-state index contributed by atoms with van der Waals surface area (Å²) in [5.74, 6) is 1.29. The molecule has 0 aromatic carbocycles. The van der Waals surface area contributed by atoms with Gasteiger partial charge in [0.1, 0.15) is 12.3 Å². The van der Waals surface area contributed by atoms with Gasteiger partial charge in [0, 0.05) is 12.5 Å². The van der Waals surface area contributed by atoms with Gasteiger partial charge in [0.2, 0.25) is 5.82 Å². The number of hydrogen-bond acceptors (Lipinski definition) is 6. The number of aliphatic hydroxyl groups excluding tert-OH is 1. The average Bonchev–Trinajstić information content (AvgIpc) is 2.97. The van der Waals surface area contributed by atoms with Crippen LogP contribution in [0.5, 0.6) is 0 Å². The zero-order chi connectivity index (χ0) is 13.8. The molecule has 1 N–H and O–H groups in total. The lowest BCUT2D eigenvalue weighted by molar-refractivity contribution is 0.133. The molecule has 0 spiro atoms. The fraction of sp³-hybridized carbons (Fsp3) is 0.583. The summed E-state index contributed by atoms with van der Waals surface area (Å²) in [5, 5.41) is 17.1. The number of aromatic nitrogens is 4. The van der Waals surface area contributed by atoms with E-state index >= 15 is 0 Å². The molecule has 6 nitrogen and oxygen atoms in total. The Balaban J connectivity index is 2.28. The fourth-order valence-corrected chi connectivity index (χ4v) is 2.25. The third-order valence-electron chi connectivity index (χ3n) is 2.72. The van der Waals surface area contributed by atoms with Gasteiger partial charge in [-0.2, -0.15) is 0 Å². The first kappa shape index (κ1) is 14.1. The number of thiazole rings is 1. The number of aryl methyl sites for hydroxylation is 1. The first-order valence-electron chi connectivity index (χ1n) is 6.17. The molecule has 0 amide bonds. The Morgan fingerprint density at radius 1 is 1.47 bits per heavy atom. The summed E-state index contributed by atoms with van der Waals surface area (Å²) in [5.41, 5.74) is 0.768. The van der Waals surface area contributed by atoms with E-state index in [4.69, 9.17) is 4.74 Å². The van der Waals surface area contributed by atoms with Gasteiger partial charge in [-0.3, -0.25) is 0 Å². The third kappa shape index (κ3) is 3.37. The van der Waals surface area contributed by atoms with Gasteiger partial charge in [-0.15, -0.1) is 16.4 Å². The first-order chi connectivity index (χ1) is 9.13. The highest BCUT2D eigenvalue weighted by Gasteiger charge is 2.15. The Morgan fingerprint density at radius 3 is 2.84 bits per heavy atom. The van der Waals surface area contributed by atoms with E-state index in [2.05, 4.69) is 15.1 Å². The van der Waals surface area contributed by atoms with Gasteiger partial charge in [-0.05, 0) is 13.3 Å². The predicted octanol–water partition coefficient (Wildman–Crippen LogP) is 1.63. The van der Waals surface area contributed by atoms with Gasteiger partial charge in [-0.1, -0.05) is 6.92 Å². The average molecular weight is 282 g/mol. The molecule has 7 heteroatoms. The van der Waals surface area contributed by atoms with E-state index in [1.54, 1.807) is 23.1 Å². The number of ether oxygens (including phenoxy) is 1. The standard InChI is InChI=1S/C12H18N4O2S/c1-4-9(17)5-16-11(6-18-3)14-12(15-16)10-7-19-8(2)13-10/h7,9,17H,4-6H2,1-3H3. The molecule has 0 aliphatic heterocycles. The lowest BCUT2D eigenvalue weighted by Gasteiger charge is -2.09. The van der Waals surface area contributed by atoms with E-state index < -0.39 is 6.10 Å². The van der Waals surface area contributed by atoms with Crippen LogP contribution in [0.4, 0.5) is 0 Å². The van der Waals surface area contributed by atoms with Crippen LogP contribution in [0.3, 0.4) is 0 Å². The number of aliphatic hydroxyl groups is 1. The molecule has 2 aromatic rings. The van der Waals surface area contributed by atoms with Crippen LogP contribution in [0.1, 0.15) is 24.2 Å². The van der Waals surface area contributed by atoms with E-state index in [1.807, 2.05) is 19.2 Å². The molecule has 0 saturated heterocycles. The van der Waals surface area contributed by atoms with E-state index in [-0.39, 0.29) is 0 Å². The molecule has 2 rings (SSSR count). The minimum atomic E-state index is -0.428. The van der Waals surface area contributed by atoms with E-state index in [9.17, 15) is 5.11 Å². The van der Waals surface area contributed by atoms with Crippen molar-refractivity contribution in [3.63, 3.8) is 0 Å². The summed E-state index contributed by atoms with van der Waals surface area (Å²) in [6, 6.07) is 0. The lowest BCUT2D eigenvalue weighted by atomic mass is 10.3. The maximum Gasteiger partial charge on any atom is 0.200 e. The van der Waals surface area contributed by atoms with Crippen molar-refractivity contribution in [2.75, 3.05) is 7.11 Å². The van der Waals surface area contributed by atoms with Crippen molar-refractivity contribution >= 4 is 11.3 Å².